The number of nitrogens with one attached hydrogen (secondary N) is 2. The van der Waals surface area contributed by atoms with E-state index < -0.39 is 11.2 Å². The molecule has 7 nitrogen and oxygen atoms in total. The zero-order valence-corrected chi connectivity index (χ0v) is 17.9. The van der Waals surface area contributed by atoms with Gasteiger partial charge >= 0.3 is 0 Å². The summed E-state index contributed by atoms with van der Waals surface area (Å²) in [6.45, 7) is 1.66. The van der Waals surface area contributed by atoms with Gasteiger partial charge < -0.3 is 15.4 Å². The number of benzene rings is 2. The highest BCUT2D eigenvalue weighted by Gasteiger charge is 2.19. The number of nitrogens with zero attached hydrogens (tertiary/aromatic N) is 1. The van der Waals surface area contributed by atoms with Crippen LogP contribution in [0.4, 0.5) is 5.69 Å². The normalized spacial score (nSPS) is 11.9. The van der Waals surface area contributed by atoms with Crippen molar-refractivity contribution in [1.29, 1.82) is 0 Å². The van der Waals surface area contributed by atoms with Crippen LogP contribution in [0.25, 0.3) is 20.7 Å². The van der Waals surface area contributed by atoms with Crippen molar-refractivity contribution in [2.75, 3.05) is 5.32 Å². The monoisotopic (exact) mass is 451 g/mol. The second kappa shape index (κ2) is 8.75. The molecule has 0 aliphatic heterocycles. The Morgan fingerprint density at radius 1 is 1.23 bits per heavy atom. The van der Waals surface area contributed by atoms with E-state index in [0.29, 0.717) is 27.2 Å². The van der Waals surface area contributed by atoms with E-state index in [1.165, 1.54) is 29.5 Å². The van der Waals surface area contributed by atoms with Crippen molar-refractivity contribution in [3.8, 4) is 16.2 Å². The van der Waals surface area contributed by atoms with Crippen LogP contribution < -0.4 is 10.9 Å². The summed E-state index contributed by atoms with van der Waals surface area (Å²) < 4.78 is 0. The van der Waals surface area contributed by atoms with Gasteiger partial charge in [0.2, 0.25) is 5.91 Å². The Morgan fingerprint density at radius 3 is 2.74 bits per heavy atom. The Labute approximate surface area is 185 Å². The number of hydrogen-bond donors (Lipinski definition) is 3. The molecule has 156 valence electrons. The van der Waals surface area contributed by atoms with Crippen molar-refractivity contribution >= 4 is 51.2 Å². The van der Waals surface area contributed by atoms with Crippen molar-refractivity contribution in [2.45, 2.75) is 17.3 Å². The molecule has 1 amide bonds. The quantitative estimate of drug-likeness (QED) is 0.174. The number of carbonyl (C=O) groups excluding carboxylic acids is 2. The number of H-pyrrole nitrogens is 1. The summed E-state index contributed by atoms with van der Waals surface area (Å²) in [7, 11) is 0. The Hall–Kier alpha value is -3.43. The topological polar surface area (TPSA) is 112 Å². The van der Waals surface area contributed by atoms with E-state index in [0.717, 1.165) is 22.2 Å². The largest absolute Gasteiger partial charge is 0.506 e. The van der Waals surface area contributed by atoms with Gasteiger partial charge in [-0.05, 0) is 36.8 Å². The van der Waals surface area contributed by atoms with Gasteiger partial charge in [0.15, 0.2) is 5.16 Å². The van der Waals surface area contributed by atoms with Gasteiger partial charge in [-0.1, -0.05) is 42.1 Å². The minimum Gasteiger partial charge on any atom is -0.506 e. The van der Waals surface area contributed by atoms with Crippen LogP contribution in [0, 0.1) is 0 Å². The molecule has 1 unspecified atom stereocenters. The fraction of sp³-hybridized carbons (Fsp3) is 0.0909. The summed E-state index contributed by atoms with van der Waals surface area (Å²) in [4.78, 5) is 44.8. The molecule has 0 radical (unpaired) electrons. The van der Waals surface area contributed by atoms with Crippen LogP contribution in [0.15, 0.2) is 64.5 Å². The summed E-state index contributed by atoms with van der Waals surface area (Å²) in [5.41, 5.74) is 1.21. The number of thioether (sulfide) groups is 1. The van der Waals surface area contributed by atoms with E-state index in [9.17, 15) is 19.5 Å². The number of aromatic amines is 1. The molecule has 4 rings (SSSR count). The fourth-order valence-electron chi connectivity index (χ4n) is 2.89. The number of fused-ring (bicyclic) bond motifs is 1. The van der Waals surface area contributed by atoms with E-state index >= 15 is 0 Å². The molecule has 0 fully saturated rings. The number of phenolic OH excluding ortho intramolecular Hbond substituents is 1. The van der Waals surface area contributed by atoms with Crippen LogP contribution in [-0.4, -0.2) is 32.5 Å². The summed E-state index contributed by atoms with van der Waals surface area (Å²) in [5, 5.41) is 12.7. The number of phenols is 1. The van der Waals surface area contributed by atoms with Gasteiger partial charge in [-0.3, -0.25) is 14.4 Å². The van der Waals surface area contributed by atoms with Crippen molar-refractivity contribution < 1.29 is 14.7 Å². The number of carbonyl (C=O) groups is 2. The molecule has 0 saturated heterocycles. The number of hydrogen-bond acceptors (Lipinski definition) is 7. The second-order valence-corrected chi connectivity index (χ2v) is 9.07. The summed E-state index contributed by atoms with van der Waals surface area (Å²) in [6.07, 6.45) is 0.627. The first kappa shape index (κ1) is 20.8. The molecule has 0 saturated carbocycles. The molecule has 31 heavy (non-hydrogen) atoms. The number of anilines is 1. The molecule has 9 heteroatoms. The molecule has 0 bridgehead atoms. The third-order valence-corrected chi connectivity index (χ3v) is 6.57. The minimum atomic E-state index is -0.617. The fourth-order valence-corrected chi connectivity index (χ4v) is 4.79. The molecule has 2 aromatic heterocycles. The predicted molar refractivity (Wildman–Crippen MR) is 123 cm³/mol. The first-order valence-electron chi connectivity index (χ1n) is 9.29. The van der Waals surface area contributed by atoms with Crippen LogP contribution >= 0.6 is 23.1 Å². The second-order valence-electron chi connectivity index (χ2n) is 6.71. The average molecular weight is 452 g/mol. The van der Waals surface area contributed by atoms with Crippen molar-refractivity contribution in [3.05, 3.63) is 70.5 Å². The van der Waals surface area contributed by atoms with Crippen molar-refractivity contribution in [1.82, 2.24) is 9.97 Å². The molecular formula is C22H17N3O4S2. The van der Waals surface area contributed by atoms with Crippen LogP contribution in [0.5, 0.6) is 5.75 Å². The molecule has 0 spiro atoms. The van der Waals surface area contributed by atoms with E-state index in [1.807, 2.05) is 36.4 Å². The summed E-state index contributed by atoms with van der Waals surface area (Å²) >= 11 is 2.51. The highest BCUT2D eigenvalue weighted by Crippen LogP contribution is 2.32. The van der Waals surface area contributed by atoms with Gasteiger partial charge in [0.1, 0.15) is 16.9 Å². The standard InChI is InChI=1S/C22H17N3O4S2/c1-12(19(28)23-16-9-13(11-26)7-8-17(16)27)30-22-24-20(29)15-10-18(31-21(15)25-22)14-5-3-2-4-6-14/h2-12,27H,1H3,(H,23,28)(H,24,25,29). The molecule has 3 N–H and O–H groups in total. The lowest BCUT2D eigenvalue weighted by atomic mass is 10.2. The maximum absolute atomic E-state index is 12.6. The Balaban J connectivity index is 1.54. The molecule has 4 aromatic rings. The number of aromatic nitrogens is 2. The minimum absolute atomic E-state index is 0.142. The highest BCUT2D eigenvalue weighted by molar-refractivity contribution is 8.00. The zero-order valence-electron chi connectivity index (χ0n) is 16.3. The number of aromatic hydroxyl groups is 1. The molecule has 0 aliphatic rings. The Morgan fingerprint density at radius 2 is 2.00 bits per heavy atom. The van der Waals surface area contributed by atoms with Crippen LogP contribution in [0.2, 0.25) is 0 Å². The molecule has 1 atom stereocenters. The number of amides is 1. The van der Waals surface area contributed by atoms with Crippen LogP contribution in [0.3, 0.4) is 0 Å². The van der Waals surface area contributed by atoms with E-state index in [1.54, 1.807) is 6.92 Å². The molecule has 2 aromatic carbocycles. The Bertz CT molecular complexity index is 1330. The SMILES string of the molecule is CC(Sc1nc2sc(-c3ccccc3)cc2c(=O)[nH]1)C(=O)Nc1cc(C=O)ccc1O. The molecular weight excluding hydrogens is 434 g/mol. The summed E-state index contributed by atoms with van der Waals surface area (Å²) in [6, 6.07) is 15.7. The maximum atomic E-state index is 12.6. The lowest BCUT2D eigenvalue weighted by Gasteiger charge is -2.12. The van der Waals surface area contributed by atoms with Gasteiger partial charge in [0, 0.05) is 10.4 Å². The van der Waals surface area contributed by atoms with E-state index in [4.69, 9.17) is 0 Å². The number of thiophene rings is 1. The molecule has 2 heterocycles. The van der Waals surface area contributed by atoms with Crippen LogP contribution in [0.1, 0.15) is 17.3 Å². The zero-order chi connectivity index (χ0) is 22.0. The smallest absolute Gasteiger partial charge is 0.260 e. The lowest BCUT2D eigenvalue weighted by molar-refractivity contribution is -0.115. The molecule has 0 aliphatic carbocycles. The maximum Gasteiger partial charge on any atom is 0.260 e. The summed E-state index contributed by atoms with van der Waals surface area (Å²) in [5.74, 6) is -0.543. The third kappa shape index (κ3) is 4.52. The van der Waals surface area contributed by atoms with Crippen molar-refractivity contribution in [2.24, 2.45) is 0 Å². The number of rotatable bonds is 6. The Kier molecular flexibility index (Phi) is 5.88. The van der Waals surface area contributed by atoms with Gasteiger partial charge in [0.25, 0.3) is 5.56 Å². The van der Waals surface area contributed by atoms with Gasteiger partial charge in [-0.25, -0.2) is 4.98 Å². The lowest BCUT2D eigenvalue weighted by Crippen LogP contribution is -2.23. The first-order valence-corrected chi connectivity index (χ1v) is 11.0. The predicted octanol–water partition coefficient (Wildman–Crippen LogP) is 4.29. The van der Waals surface area contributed by atoms with E-state index in [-0.39, 0.29) is 17.0 Å². The highest BCUT2D eigenvalue weighted by atomic mass is 32.2. The third-order valence-electron chi connectivity index (χ3n) is 4.51. The van der Waals surface area contributed by atoms with E-state index in [2.05, 4.69) is 15.3 Å². The van der Waals surface area contributed by atoms with Gasteiger partial charge in [0.05, 0.1) is 16.3 Å². The average Bonchev–Trinajstić information content (AvgIpc) is 3.20. The first-order chi connectivity index (χ1) is 14.9. The van der Waals surface area contributed by atoms with Gasteiger partial charge in [-0.15, -0.1) is 11.3 Å². The van der Waals surface area contributed by atoms with Crippen LogP contribution in [-0.2, 0) is 4.79 Å². The number of aldehydes is 1. The van der Waals surface area contributed by atoms with Gasteiger partial charge in [-0.2, -0.15) is 0 Å². The van der Waals surface area contributed by atoms with Crippen molar-refractivity contribution in [3.63, 3.8) is 0 Å².